The van der Waals surface area contributed by atoms with Gasteiger partial charge in [0, 0.05) is 33.9 Å². The number of carbonyl (C=O) groups excluding carboxylic acids is 1. The molecule has 4 nitrogen and oxygen atoms in total. The maximum atomic E-state index is 12.2. The molecule has 144 valence electrons. The van der Waals surface area contributed by atoms with Crippen LogP contribution in [0.4, 0.5) is 11.4 Å². The Hall–Kier alpha value is -2.69. The molecule has 0 saturated heterocycles. The van der Waals surface area contributed by atoms with Gasteiger partial charge in [-0.3, -0.25) is 4.79 Å². The number of hydrogen-bond donors (Lipinski definition) is 2. The average Bonchev–Trinajstić information content (AvgIpc) is 2.67. The first-order valence-electron chi connectivity index (χ1n) is 8.85. The molecular weight excluding hydrogens is 395 g/mol. The molecule has 2 N–H and O–H groups in total. The number of anilines is 2. The van der Waals surface area contributed by atoms with Gasteiger partial charge in [0.15, 0.2) is 0 Å². The van der Waals surface area contributed by atoms with Crippen LogP contribution in [0.25, 0.3) is 0 Å². The van der Waals surface area contributed by atoms with Gasteiger partial charge in [-0.1, -0.05) is 59.6 Å². The summed E-state index contributed by atoms with van der Waals surface area (Å²) in [7, 11) is 0. The van der Waals surface area contributed by atoms with Gasteiger partial charge in [-0.05, 0) is 35.9 Å². The Labute approximate surface area is 174 Å². The number of carbonyl (C=O) groups is 1. The summed E-state index contributed by atoms with van der Waals surface area (Å²) in [5.74, 6) is 0.529. The summed E-state index contributed by atoms with van der Waals surface area (Å²) in [6.07, 6.45) is 0.823. The molecule has 0 bridgehead atoms. The Balaban J connectivity index is 1.48. The summed E-state index contributed by atoms with van der Waals surface area (Å²) in [4.78, 5) is 12.2. The first-order chi connectivity index (χ1) is 13.6. The molecule has 0 unspecified atom stereocenters. The van der Waals surface area contributed by atoms with Gasteiger partial charge in [0.1, 0.15) is 5.75 Å². The van der Waals surface area contributed by atoms with E-state index in [1.165, 1.54) is 5.56 Å². The van der Waals surface area contributed by atoms with Crippen LogP contribution in [0, 0.1) is 0 Å². The number of ether oxygens (including phenoxy) is 1. The molecule has 0 atom stereocenters. The Morgan fingerprint density at radius 2 is 1.61 bits per heavy atom. The van der Waals surface area contributed by atoms with Crippen molar-refractivity contribution in [3.8, 4) is 5.75 Å². The van der Waals surface area contributed by atoms with E-state index >= 15 is 0 Å². The lowest BCUT2D eigenvalue weighted by atomic mass is 10.2. The van der Waals surface area contributed by atoms with Crippen LogP contribution in [0.3, 0.4) is 0 Å². The van der Waals surface area contributed by atoms with Gasteiger partial charge in [0.05, 0.1) is 13.2 Å². The van der Waals surface area contributed by atoms with Crippen LogP contribution in [0.15, 0.2) is 72.8 Å². The summed E-state index contributed by atoms with van der Waals surface area (Å²) in [6.45, 7) is 0.661. The largest absolute Gasteiger partial charge is 0.493 e. The second kappa shape index (κ2) is 10.0. The molecular formula is C22H20Cl2N2O2. The lowest BCUT2D eigenvalue weighted by Gasteiger charge is -2.11. The van der Waals surface area contributed by atoms with Gasteiger partial charge in [0.2, 0.25) is 5.91 Å². The fourth-order valence-corrected chi connectivity index (χ4v) is 3.16. The molecule has 0 spiro atoms. The fraction of sp³-hybridized carbons (Fsp3) is 0.136. The van der Waals surface area contributed by atoms with E-state index in [0.29, 0.717) is 33.8 Å². The average molecular weight is 415 g/mol. The smallest absolute Gasteiger partial charge is 0.243 e. The standard InChI is InChI=1S/C22H20Cl2N2O2/c23-17-11-18(24)13-20(12-17)25-15-22(27)26-19-7-4-8-21(14-19)28-10-9-16-5-2-1-3-6-16/h1-8,11-14,25H,9-10,15H2,(H,26,27). The molecule has 0 aliphatic carbocycles. The van der Waals surface area contributed by atoms with Crippen LogP contribution < -0.4 is 15.4 Å². The first-order valence-corrected chi connectivity index (χ1v) is 9.61. The van der Waals surface area contributed by atoms with Crippen molar-refractivity contribution in [2.24, 2.45) is 0 Å². The highest BCUT2D eigenvalue weighted by Crippen LogP contribution is 2.22. The zero-order chi connectivity index (χ0) is 19.8. The third kappa shape index (κ3) is 6.48. The Morgan fingerprint density at radius 3 is 2.36 bits per heavy atom. The van der Waals surface area contributed by atoms with E-state index in [4.69, 9.17) is 27.9 Å². The van der Waals surface area contributed by atoms with Crippen molar-refractivity contribution in [3.63, 3.8) is 0 Å². The molecule has 6 heteroatoms. The topological polar surface area (TPSA) is 50.4 Å². The lowest BCUT2D eigenvalue weighted by Crippen LogP contribution is -2.21. The van der Waals surface area contributed by atoms with Crippen molar-refractivity contribution in [3.05, 3.63) is 88.4 Å². The quantitative estimate of drug-likeness (QED) is 0.499. The maximum Gasteiger partial charge on any atom is 0.243 e. The van der Waals surface area contributed by atoms with Crippen molar-refractivity contribution in [2.45, 2.75) is 6.42 Å². The summed E-state index contributed by atoms with van der Waals surface area (Å²) in [5, 5.41) is 6.86. The zero-order valence-electron chi connectivity index (χ0n) is 15.1. The molecule has 3 aromatic rings. The van der Waals surface area contributed by atoms with Crippen molar-refractivity contribution in [2.75, 3.05) is 23.8 Å². The minimum Gasteiger partial charge on any atom is -0.493 e. The predicted octanol–water partition coefficient (Wildman–Crippen LogP) is 5.67. The monoisotopic (exact) mass is 414 g/mol. The summed E-state index contributed by atoms with van der Waals surface area (Å²) >= 11 is 11.9. The van der Waals surface area contributed by atoms with E-state index in [9.17, 15) is 4.79 Å². The third-order valence-electron chi connectivity index (χ3n) is 3.94. The van der Waals surface area contributed by atoms with E-state index in [-0.39, 0.29) is 12.5 Å². The zero-order valence-corrected chi connectivity index (χ0v) is 16.6. The van der Waals surface area contributed by atoms with Gasteiger partial charge in [-0.15, -0.1) is 0 Å². The number of nitrogens with one attached hydrogen (secondary N) is 2. The molecule has 0 aromatic heterocycles. The second-order valence-corrected chi connectivity index (χ2v) is 7.04. The number of benzene rings is 3. The van der Waals surface area contributed by atoms with Crippen LogP contribution in [-0.2, 0) is 11.2 Å². The number of hydrogen-bond acceptors (Lipinski definition) is 3. The highest BCUT2D eigenvalue weighted by Gasteiger charge is 2.05. The van der Waals surface area contributed by atoms with Crippen LogP contribution in [0.1, 0.15) is 5.56 Å². The number of rotatable bonds is 8. The van der Waals surface area contributed by atoms with Crippen molar-refractivity contribution in [1.82, 2.24) is 0 Å². The maximum absolute atomic E-state index is 12.2. The molecule has 0 fully saturated rings. The highest BCUT2D eigenvalue weighted by atomic mass is 35.5. The van der Waals surface area contributed by atoms with Gasteiger partial charge >= 0.3 is 0 Å². The molecule has 0 heterocycles. The van der Waals surface area contributed by atoms with Gasteiger partial charge in [-0.2, -0.15) is 0 Å². The molecule has 3 aromatic carbocycles. The Morgan fingerprint density at radius 1 is 0.857 bits per heavy atom. The lowest BCUT2D eigenvalue weighted by molar-refractivity contribution is -0.114. The normalized spacial score (nSPS) is 10.4. The minimum atomic E-state index is -0.183. The Bertz CT molecular complexity index is 913. The van der Waals surface area contributed by atoms with E-state index in [1.807, 2.05) is 36.4 Å². The fourth-order valence-electron chi connectivity index (χ4n) is 2.64. The third-order valence-corrected chi connectivity index (χ3v) is 4.37. The van der Waals surface area contributed by atoms with E-state index in [2.05, 4.69) is 22.8 Å². The molecule has 1 amide bonds. The van der Waals surface area contributed by atoms with Crippen molar-refractivity contribution in [1.29, 1.82) is 0 Å². The SMILES string of the molecule is O=C(CNc1cc(Cl)cc(Cl)c1)Nc1cccc(OCCc2ccccc2)c1. The predicted molar refractivity (Wildman–Crippen MR) is 116 cm³/mol. The minimum absolute atomic E-state index is 0.0930. The number of halogens is 2. The van der Waals surface area contributed by atoms with Crippen LogP contribution in [0.5, 0.6) is 5.75 Å². The van der Waals surface area contributed by atoms with Crippen LogP contribution in [-0.4, -0.2) is 19.1 Å². The van der Waals surface area contributed by atoms with Crippen LogP contribution >= 0.6 is 23.2 Å². The summed E-state index contributed by atoms with van der Waals surface area (Å²) in [6, 6.07) is 22.5. The molecule has 28 heavy (non-hydrogen) atoms. The molecule has 0 saturated carbocycles. The van der Waals surface area contributed by atoms with Gasteiger partial charge in [-0.25, -0.2) is 0 Å². The second-order valence-electron chi connectivity index (χ2n) is 6.17. The first kappa shape index (κ1) is 20.1. The van der Waals surface area contributed by atoms with E-state index in [1.54, 1.807) is 24.3 Å². The summed E-state index contributed by atoms with van der Waals surface area (Å²) in [5.41, 5.74) is 2.58. The molecule has 0 aliphatic rings. The van der Waals surface area contributed by atoms with Crippen molar-refractivity contribution >= 4 is 40.5 Å². The molecule has 3 rings (SSSR count). The van der Waals surface area contributed by atoms with Gasteiger partial charge in [0.25, 0.3) is 0 Å². The molecule has 0 aliphatic heterocycles. The van der Waals surface area contributed by atoms with Crippen LogP contribution in [0.2, 0.25) is 10.0 Å². The van der Waals surface area contributed by atoms with Crippen molar-refractivity contribution < 1.29 is 9.53 Å². The highest BCUT2D eigenvalue weighted by molar-refractivity contribution is 6.35. The molecule has 0 radical (unpaired) electrons. The summed E-state index contributed by atoms with van der Waals surface area (Å²) < 4.78 is 5.79. The van der Waals surface area contributed by atoms with E-state index in [0.717, 1.165) is 6.42 Å². The van der Waals surface area contributed by atoms with E-state index < -0.39 is 0 Å². The van der Waals surface area contributed by atoms with Gasteiger partial charge < -0.3 is 15.4 Å². The Kier molecular flexibility index (Phi) is 7.18. The number of amides is 1.